The second kappa shape index (κ2) is 5.81. The van der Waals surface area contributed by atoms with Gasteiger partial charge in [-0.2, -0.15) is 0 Å². The molecule has 0 radical (unpaired) electrons. The van der Waals surface area contributed by atoms with Gasteiger partial charge in [0, 0.05) is 30.5 Å². The Morgan fingerprint density at radius 3 is 3.05 bits per heavy atom. The average Bonchev–Trinajstić information content (AvgIpc) is 2.85. The number of carbonyl (C=O) groups is 1. The van der Waals surface area contributed by atoms with E-state index in [4.69, 9.17) is 0 Å². The van der Waals surface area contributed by atoms with E-state index in [1.165, 1.54) is 6.07 Å². The van der Waals surface area contributed by atoms with Gasteiger partial charge in [-0.05, 0) is 31.0 Å². The largest absolute Gasteiger partial charge is 0.382 e. The zero-order valence-electron chi connectivity index (χ0n) is 11.7. The quantitative estimate of drug-likeness (QED) is 0.912. The van der Waals surface area contributed by atoms with Gasteiger partial charge in [0.15, 0.2) is 0 Å². The zero-order chi connectivity index (χ0) is 14.8. The normalized spacial score (nSPS) is 13.7. The highest BCUT2D eigenvalue weighted by atomic mass is 32.1. The predicted octanol–water partition coefficient (Wildman–Crippen LogP) is 3.13. The third kappa shape index (κ3) is 3.21. The number of aromatic nitrogens is 1. The van der Waals surface area contributed by atoms with Crippen molar-refractivity contribution in [2.24, 2.45) is 0 Å². The van der Waals surface area contributed by atoms with E-state index in [-0.39, 0.29) is 11.7 Å². The van der Waals surface area contributed by atoms with Crippen LogP contribution in [-0.2, 0) is 17.6 Å². The van der Waals surface area contributed by atoms with Gasteiger partial charge in [-0.3, -0.25) is 4.79 Å². The fraction of sp³-hybridized carbons (Fsp3) is 0.333. The zero-order valence-corrected chi connectivity index (χ0v) is 12.5. The molecule has 0 unspecified atom stereocenters. The summed E-state index contributed by atoms with van der Waals surface area (Å²) in [6.45, 7) is 2.60. The molecule has 1 aromatic heterocycles. The van der Waals surface area contributed by atoms with Crippen molar-refractivity contribution in [3.8, 4) is 0 Å². The Morgan fingerprint density at radius 2 is 2.29 bits per heavy atom. The minimum Gasteiger partial charge on any atom is -0.382 e. The number of benzene rings is 1. The number of carbonyl (C=O) groups excluding carboxylic acids is 1. The van der Waals surface area contributed by atoms with Crippen molar-refractivity contribution < 1.29 is 9.18 Å². The summed E-state index contributed by atoms with van der Waals surface area (Å²) in [6, 6.07) is 3.18. The minimum atomic E-state index is -0.342. The predicted molar refractivity (Wildman–Crippen MR) is 82.4 cm³/mol. The van der Waals surface area contributed by atoms with Gasteiger partial charge in [-0.1, -0.05) is 0 Å². The van der Waals surface area contributed by atoms with Crippen LogP contribution >= 0.6 is 11.3 Å². The number of hydrogen-bond acceptors (Lipinski definition) is 4. The maximum Gasteiger partial charge on any atom is 0.224 e. The molecule has 1 aliphatic rings. The monoisotopic (exact) mass is 305 g/mol. The number of anilines is 2. The van der Waals surface area contributed by atoms with Gasteiger partial charge >= 0.3 is 0 Å². The Morgan fingerprint density at radius 1 is 1.43 bits per heavy atom. The van der Waals surface area contributed by atoms with E-state index >= 15 is 0 Å². The molecule has 2 aromatic rings. The van der Waals surface area contributed by atoms with Crippen LogP contribution in [-0.4, -0.2) is 17.4 Å². The van der Waals surface area contributed by atoms with E-state index in [2.05, 4.69) is 15.6 Å². The van der Waals surface area contributed by atoms with E-state index in [1.807, 2.05) is 12.3 Å². The molecule has 1 aliphatic heterocycles. The van der Waals surface area contributed by atoms with Crippen molar-refractivity contribution in [1.82, 2.24) is 4.98 Å². The van der Waals surface area contributed by atoms with Crippen LogP contribution in [0.1, 0.15) is 22.7 Å². The van der Waals surface area contributed by atoms with E-state index in [1.54, 1.807) is 17.4 Å². The fourth-order valence-electron chi connectivity index (χ4n) is 2.39. The lowest BCUT2D eigenvalue weighted by atomic mass is 10.0. The van der Waals surface area contributed by atoms with Gasteiger partial charge in [-0.25, -0.2) is 9.37 Å². The van der Waals surface area contributed by atoms with Crippen molar-refractivity contribution in [2.45, 2.75) is 26.2 Å². The Labute approximate surface area is 126 Å². The molecule has 21 heavy (non-hydrogen) atoms. The highest BCUT2D eigenvalue weighted by molar-refractivity contribution is 7.09. The smallest absolute Gasteiger partial charge is 0.224 e. The Balaban J connectivity index is 1.67. The molecule has 1 amide bonds. The second-order valence-electron chi connectivity index (χ2n) is 5.07. The van der Waals surface area contributed by atoms with Crippen molar-refractivity contribution in [3.05, 3.63) is 39.6 Å². The van der Waals surface area contributed by atoms with E-state index in [9.17, 15) is 9.18 Å². The summed E-state index contributed by atoms with van der Waals surface area (Å²) in [5.41, 5.74) is 3.07. The first-order chi connectivity index (χ1) is 10.1. The second-order valence-corrected chi connectivity index (χ2v) is 6.13. The molecule has 3 rings (SSSR count). The number of fused-ring (bicyclic) bond motifs is 1. The first-order valence-electron chi connectivity index (χ1n) is 6.89. The maximum atomic E-state index is 14.0. The summed E-state index contributed by atoms with van der Waals surface area (Å²) < 4.78 is 14.0. The van der Waals surface area contributed by atoms with Crippen LogP contribution in [0.2, 0.25) is 0 Å². The first-order valence-corrected chi connectivity index (χ1v) is 7.77. The topological polar surface area (TPSA) is 54.0 Å². The van der Waals surface area contributed by atoms with Crippen LogP contribution in [0.25, 0.3) is 0 Å². The molecule has 0 aliphatic carbocycles. The highest BCUT2D eigenvalue weighted by Gasteiger charge is 2.17. The van der Waals surface area contributed by atoms with Gasteiger partial charge in [0.1, 0.15) is 5.82 Å². The van der Waals surface area contributed by atoms with Crippen molar-refractivity contribution in [2.75, 3.05) is 17.2 Å². The summed E-state index contributed by atoms with van der Waals surface area (Å²) in [6.07, 6.45) is 1.87. The van der Waals surface area contributed by atoms with Gasteiger partial charge in [0.05, 0.1) is 16.4 Å². The molecule has 0 atom stereocenters. The molecular formula is C15H16FN3OS. The lowest BCUT2D eigenvalue weighted by molar-refractivity contribution is -0.116. The maximum absolute atomic E-state index is 14.0. The standard InChI is InChI=1S/C15H16FN3OS/c1-9-18-11(8-21-9)4-5-17-14-6-10-2-3-15(20)19-13(10)7-12(14)16/h6-8,17H,2-5H2,1H3,(H,19,20). The molecule has 2 N–H and O–H groups in total. The van der Waals surface area contributed by atoms with Crippen LogP contribution in [0.3, 0.4) is 0 Å². The molecule has 0 saturated heterocycles. The lowest BCUT2D eigenvalue weighted by Crippen LogP contribution is -2.19. The molecule has 4 nitrogen and oxygen atoms in total. The summed E-state index contributed by atoms with van der Waals surface area (Å²) in [7, 11) is 0. The van der Waals surface area contributed by atoms with Crippen molar-refractivity contribution >= 4 is 28.6 Å². The van der Waals surface area contributed by atoms with E-state index in [0.717, 1.165) is 22.7 Å². The third-order valence-electron chi connectivity index (χ3n) is 3.45. The average molecular weight is 305 g/mol. The number of nitrogens with zero attached hydrogens (tertiary/aromatic N) is 1. The molecule has 2 heterocycles. The Hall–Kier alpha value is -1.95. The van der Waals surface area contributed by atoms with Crippen molar-refractivity contribution in [3.63, 3.8) is 0 Å². The molecule has 0 spiro atoms. The number of rotatable bonds is 4. The number of aryl methyl sites for hydroxylation is 2. The summed E-state index contributed by atoms with van der Waals surface area (Å²) in [5, 5.41) is 8.87. The summed E-state index contributed by atoms with van der Waals surface area (Å²) >= 11 is 1.62. The molecular weight excluding hydrogens is 289 g/mol. The number of hydrogen-bond donors (Lipinski definition) is 2. The van der Waals surface area contributed by atoms with Gasteiger partial charge < -0.3 is 10.6 Å². The van der Waals surface area contributed by atoms with E-state index < -0.39 is 0 Å². The molecule has 110 valence electrons. The molecule has 0 saturated carbocycles. The molecule has 0 fully saturated rings. The molecule has 1 aromatic carbocycles. The van der Waals surface area contributed by atoms with Gasteiger partial charge in [0.25, 0.3) is 0 Å². The number of halogens is 1. The number of amides is 1. The number of nitrogens with one attached hydrogen (secondary N) is 2. The molecule has 6 heteroatoms. The fourth-order valence-corrected chi connectivity index (χ4v) is 3.03. The van der Waals surface area contributed by atoms with Crippen LogP contribution in [0.5, 0.6) is 0 Å². The summed E-state index contributed by atoms with van der Waals surface area (Å²) in [5.74, 6) is -0.396. The Kier molecular flexibility index (Phi) is 3.88. The molecule has 0 bridgehead atoms. The van der Waals surface area contributed by atoms with Crippen LogP contribution in [0.4, 0.5) is 15.8 Å². The van der Waals surface area contributed by atoms with Crippen LogP contribution in [0.15, 0.2) is 17.5 Å². The third-order valence-corrected chi connectivity index (χ3v) is 4.27. The Bertz CT molecular complexity index is 684. The lowest BCUT2D eigenvalue weighted by Gasteiger charge is -2.18. The van der Waals surface area contributed by atoms with Crippen LogP contribution < -0.4 is 10.6 Å². The first kappa shape index (κ1) is 14.0. The van der Waals surface area contributed by atoms with Crippen molar-refractivity contribution in [1.29, 1.82) is 0 Å². The minimum absolute atomic E-state index is 0.0542. The van der Waals surface area contributed by atoms with Gasteiger partial charge in [-0.15, -0.1) is 11.3 Å². The SMILES string of the molecule is Cc1nc(CCNc2cc3c(cc2F)NC(=O)CC3)cs1. The summed E-state index contributed by atoms with van der Waals surface area (Å²) in [4.78, 5) is 15.7. The number of thiazole rings is 1. The van der Waals surface area contributed by atoms with Gasteiger partial charge in [0.2, 0.25) is 5.91 Å². The highest BCUT2D eigenvalue weighted by Crippen LogP contribution is 2.28. The van der Waals surface area contributed by atoms with Crippen LogP contribution in [0, 0.1) is 12.7 Å². The van der Waals surface area contributed by atoms with E-state index in [0.29, 0.717) is 30.8 Å².